The Morgan fingerprint density at radius 2 is 2.18 bits per heavy atom. The number of rotatable bonds is 4. The average molecular weight is 248 g/mol. The summed E-state index contributed by atoms with van der Waals surface area (Å²) in [6.45, 7) is 2.27. The molecule has 2 rings (SSSR count). The van der Waals surface area contributed by atoms with Crippen LogP contribution >= 0.6 is 11.3 Å². The number of hydrogen-bond acceptors (Lipinski definition) is 5. The van der Waals surface area contributed by atoms with E-state index in [0.717, 1.165) is 16.2 Å². The van der Waals surface area contributed by atoms with Crippen molar-refractivity contribution in [3.63, 3.8) is 0 Å². The van der Waals surface area contributed by atoms with Crippen LogP contribution < -0.4 is 4.74 Å². The van der Waals surface area contributed by atoms with Crippen molar-refractivity contribution in [2.24, 2.45) is 5.16 Å². The molecule has 5 heteroatoms. The van der Waals surface area contributed by atoms with Gasteiger partial charge >= 0.3 is 0 Å². The van der Waals surface area contributed by atoms with Crippen LogP contribution in [0.15, 0.2) is 41.1 Å². The number of nitrogens with zero attached hydrogens (tertiary/aromatic N) is 2. The summed E-state index contributed by atoms with van der Waals surface area (Å²) in [5, 5.41) is 11.8. The third kappa shape index (κ3) is 3.04. The number of hydrogen-bond donors (Lipinski definition) is 1. The largest absolute Gasteiger partial charge is 0.488 e. The molecule has 0 amide bonds. The Morgan fingerprint density at radius 1 is 1.41 bits per heavy atom. The van der Waals surface area contributed by atoms with E-state index in [4.69, 9.17) is 9.94 Å². The molecular formula is C12H12N2O2S. The lowest BCUT2D eigenvalue weighted by Crippen LogP contribution is -1.96. The van der Waals surface area contributed by atoms with E-state index in [1.165, 1.54) is 0 Å². The van der Waals surface area contributed by atoms with Gasteiger partial charge in [-0.05, 0) is 36.8 Å². The van der Waals surface area contributed by atoms with Gasteiger partial charge in [0.15, 0.2) is 0 Å². The molecule has 4 nitrogen and oxygen atoms in total. The van der Waals surface area contributed by atoms with Crippen LogP contribution in [-0.2, 0) is 6.61 Å². The maximum Gasteiger partial charge on any atom is 0.124 e. The Kier molecular flexibility index (Phi) is 3.72. The SMILES string of the molecule is C/C(=N/O)c1ccc(OCc2cncs2)cc1. The molecule has 1 N–H and O–H groups in total. The van der Waals surface area contributed by atoms with Crippen LogP contribution in [0.3, 0.4) is 0 Å². The van der Waals surface area contributed by atoms with Crippen molar-refractivity contribution in [2.45, 2.75) is 13.5 Å². The highest BCUT2D eigenvalue weighted by molar-refractivity contribution is 7.09. The number of oxime groups is 1. The first-order valence-electron chi connectivity index (χ1n) is 5.09. The fourth-order valence-corrected chi connectivity index (χ4v) is 1.82. The summed E-state index contributed by atoms with van der Waals surface area (Å²) in [5.41, 5.74) is 3.24. The van der Waals surface area contributed by atoms with Crippen LogP contribution in [0.2, 0.25) is 0 Å². The zero-order valence-corrected chi connectivity index (χ0v) is 10.1. The third-order valence-corrected chi connectivity index (χ3v) is 3.04. The van der Waals surface area contributed by atoms with Crippen molar-refractivity contribution in [1.82, 2.24) is 4.98 Å². The van der Waals surface area contributed by atoms with Crippen LogP contribution in [0, 0.1) is 0 Å². The van der Waals surface area contributed by atoms with Crippen molar-refractivity contribution in [2.75, 3.05) is 0 Å². The molecule has 0 atom stereocenters. The molecule has 0 fully saturated rings. The van der Waals surface area contributed by atoms with E-state index < -0.39 is 0 Å². The second-order valence-electron chi connectivity index (χ2n) is 3.47. The van der Waals surface area contributed by atoms with Gasteiger partial charge in [0, 0.05) is 6.20 Å². The molecule has 0 aliphatic heterocycles. The smallest absolute Gasteiger partial charge is 0.124 e. The monoisotopic (exact) mass is 248 g/mol. The predicted octanol–water partition coefficient (Wildman–Crippen LogP) is 2.92. The summed E-state index contributed by atoms with van der Waals surface area (Å²) >= 11 is 1.57. The van der Waals surface area contributed by atoms with Gasteiger partial charge in [-0.3, -0.25) is 4.98 Å². The van der Waals surface area contributed by atoms with Crippen LogP contribution in [0.25, 0.3) is 0 Å². The molecule has 17 heavy (non-hydrogen) atoms. The van der Waals surface area contributed by atoms with Gasteiger partial charge in [0.05, 0.1) is 16.1 Å². The van der Waals surface area contributed by atoms with E-state index in [0.29, 0.717) is 12.3 Å². The molecule has 1 heterocycles. The van der Waals surface area contributed by atoms with Gasteiger partial charge in [0.2, 0.25) is 0 Å². The van der Waals surface area contributed by atoms with E-state index in [2.05, 4.69) is 10.1 Å². The molecule has 0 unspecified atom stereocenters. The summed E-state index contributed by atoms with van der Waals surface area (Å²) in [4.78, 5) is 5.06. The van der Waals surface area contributed by atoms with Crippen molar-refractivity contribution in [3.05, 3.63) is 46.4 Å². The Bertz CT molecular complexity index is 492. The number of benzene rings is 1. The van der Waals surface area contributed by atoms with E-state index in [-0.39, 0.29) is 0 Å². The Morgan fingerprint density at radius 3 is 2.76 bits per heavy atom. The summed E-state index contributed by atoms with van der Waals surface area (Å²) in [6, 6.07) is 7.42. The van der Waals surface area contributed by atoms with Crippen LogP contribution in [-0.4, -0.2) is 15.9 Å². The second-order valence-corrected chi connectivity index (χ2v) is 4.44. The molecule has 2 aromatic rings. The summed E-state index contributed by atoms with van der Waals surface area (Å²) < 4.78 is 5.59. The van der Waals surface area contributed by atoms with Crippen molar-refractivity contribution in [3.8, 4) is 5.75 Å². The predicted molar refractivity (Wildman–Crippen MR) is 66.9 cm³/mol. The van der Waals surface area contributed by atoms with Gasteiger partial charge in [-0.25, -0.2) is 0 Å². The summed E-state index contributed by atoms with van der Waals surface area (Å²) in [7, 11) is 0. The standard InChI is InChI=1S/C12H12N2O2S/c1-9(14-15)10-2-4-11(5-3-10)16-7-12-6-13-8-17-12/h2-6,8,15H,7H2,1H3/b14-9-. The molecule has 0 saturated carbocycles. The second kappa shape index (κ2) is 5.45. The Hall–Kier alpha value is -1.88. The van der Waals surface area contributed by atoms with Crippen LogP contribution in [0.4, 0.5) is 0 Å². The lowest BCUT2D eigenvalue weighted by molar-refractivity contribution is 0.309. The molecule has 1 aromatic heterocycles. The molecule has 0 spiro atoms. The van der Waals surface area contributed by atoms with Gasteiger partial charge < -0.3 is 9.94 Å². The third-order valence-electron chi connectivity index (χ3n) is 2.29. The molecular weight excluding hydrogens is 236 g/mol. The summed E-state index contributed by atoms with van der Waals surface area (Å²) in [5.74, 6) is 0.785. The van der Waals surface area contributed by atoms with Crippen LogP contribution in [0.5, 0.6) is 5.75 Å². The maximum atomic E-state index is 8.64. The minimum atomic E-state index is 0.525. The molecule has 0 radical (unpaired) electrons. The van der Waals surface area contributed by atoms with Crippen molar-refractivity contribution < 1.29 is 9.94 Å². The number of ether oxygens (including phenoxy) is 1. The minimum absolute atomic E-state index is 0.525. The first-order chi connectivity index (χ1) is 8.29. The Labute approximate surface area is 103 Å². The fraction of sp³-hybridized carbons (Fsp3) is 0.167. The maximum absolute atomic E-state index is 8.64. The Balaban J connectivity index is 1.99. The number of aromatic nitrogens is 1. The number of thiazole rings is 1. The lowest BCUT2D eigenvalue weighted by atomic mass is 10.1. The topological polar surface area (TPSA) is 54.7 Å². The quantitative estimate of drug-likeness (QED) is 0.514. The van der Waals surface area contributed by atoms with E-state index in [1.807, 2.05) is 24.3 Å². The molecule has 0 bridgehead atoms. The highest BCUT2D eigenvalue weighted by Gasteiger charge is 2.00. The van der Waals surface area contributed by atoms with Gasteiger partial charge in [-0.2, -0.15) is 0 Å². The van der Waals surface area contributed by atoms with Crippen molar-refractivity contribution in [1.29, 1.82) is 0 Å². The zero-order chi connectivity index (χ0) is 12.1. The molecule has 1 aromatic carbocycles. The zero-order valence-electron chi connectivity index (χ0n) is 9.33. The lowest BCUT2D eigenvalue weighted by Gasteiger charge is -2.05. The van der Waals surface area contributed by atoms with E-state index in [9.17, 15) is 0 Å². The molecule has 0 aliphatic carbocycles. The first-order valence-corrected chi connectivity index (χ1v) is 5.97. The molecule has 88 valence electrons. The first kappa shape index (κ1) is 11.6. The van der Waals surface area contributed by atoms with E-state index >= 15 is 0 Å². The van der Waals surface area contributed by atoms with Gasteiger partial charge in [-0.15, -0.1) is 11.3 Å². The summed E-state index contributed by atoms with van der Waals surface area (Å²) in [6.07, 6.45) is 1.79. The highest BCUT2D eigenvalue weighted by Crippen LogP contribution is 2.15. The van der Waals surface area contributed by atoms with Gasteiger partial charge in [0.1, 0.15) is 12.4 Å². The minimum Gasteiger partial charge on any atom is -0.488 e. The van der Waals surface area contributed by atoms with Crippen LogP contribution in [0.1, 0.15) is 17.4 Å². The van der Waals surface area contributed by atoms with E-state index in [1.54, 1.807) is 30.0 Å². The van der Waals surface area contributed by atoms with Crippen molar-refractivity contribution >= 4 is 17.0 Å². The highest BCUT2D eigenvalue weighted by atomic mass is 32.1. The molecule has 0 aliphatic rings. The van der Waals surface area contributed by atoms with Gasteiger partial charge in [-0.1, -0.05) is 5.16 Å². The average Bonchev–Trinajstić information content (AvgIpc) is 2.89. The molecule has 0 saturated heterocycles. The normalized spacial score (nSPS) is 11.5. The van der Waals surface area contributed by atoms with Gasteiger partial charge in [0.25, 0.3) is 0 Å². The fourth-order valence-electron chi connectivity index (χ4n) is 1.32.